The van der Waals surface area contributed by atoms with Gasteiger partial charge in [0.1, 0.15) is 5.02 Å². The van der Waals surface area contributed by atoms with Gasteiger partial charge < -0.3 is 10.6 Å². The number of rotatable bonds is 4. The molecule has 0 bridgehead atoms. The Hall–Kier alpha value is -2.93. The second-order valence-corrected chi connectivity index (χ2v) is 4.94. The van der Waals surface area contributed by atoms with Crippen molar-refractivity contribution in [2.75, 3.05) is 12.4 Å². The summed E-state index contributed by atoms with van der Waals surface area (Å²) in [5.41, 5.74) is 0.519. The van der Waals surface area contributed by atoms with E-state index in [9.17, 15) is 19.7 Å². The number of hydrogen-bond acceptors (Lipinski definition) is 4. The van der Waals surface area contributed by atoms with E-state index >= 15 is 0 Å². The first-order valence-electron chi connectivity index (χ1n) is 6.50. The summed E-state index contributed by atoms with van der Waals surface area (Å²) in [7, 11) is 1.50. The lowest BCUT2D eigenvalue weighted by molar-refractivity contribution is -0.384. The molecule has 2 aromatic carbocycles. The van der Waals surface area contributed by atoms with E-state index in [0.717, 1.165) is 6.07 Å². The summed E-state index contributed by atoms with van der Waals surface area (Å²) in [4.78, 5) is 33.9. The number of benzene rings is 2. The maximum Gasteiger partial charge on any atom is 0.288 e. The number of nitro groups is 1. The summed E-state index contributed by atoms with van der Waals surface area (Å²) in [6, 6.07) is 10.1. The number of nitrogens with zero attached hydrogens (tertiary/aromatic N) is 1. The fraction of sp³-hybridized carbons (Fsp3) is 0.0667. The van der Waals surface area contributed by atoms with Crippen LogP contribution in [0.5, 0.6) is 0 Å². The largest absolute Gasteiger partial charge is 0.355 e. The van der Waals surface area contributed by atoms with Crippen molar-refractivity contribution in [1.82, 2.24) is 5.32 Å². The second-order valence-electron chi connectivity index (χ2n) is 4.54. The van der Waals surface area contributed by atoms with Crippen LogP contribution in [0.15, 0.2) is 42.5 Å². The SMILES string of the molecule is CNC(=O)c1cccc(NC(=O)c2ccc(Cl)c([N+](=O)[O-])c2)c1. The van der Waals surface area contributed by atoms with Crippen LogP contribution in [-0.4, -0.2) is 23.8 Å². The molecule has 23 heavy (non-hydrogen) atoms. The molecule has 0 aliphatic rings. The summed E-state index contributed by atoms with van der Waals surface area (Å²) < 4.78 is 0. The Balaban J connectivity index is 2.24. The van der Waals surface area contributed by atoms with Crippen LogP contribution in [0.1, 0.15) is 20.7 Å². The molecule has 0 fully saturated rings. The van der Waals surface area contributed by atoms with Gasteiger partial charge in [0.2, 0.25) is 0 Å². The number of anilines is 1. The van der Waals surface area contributed by atoms with E-state index in [1.54, 1.807) is 18.2 Å². The summed E-state index contributed by atoms with van der Waals surface area (Å²) in [5.74, 6) is -0.831. The molecule has 0 unspecified atom stereocenters. The van der Waals surface area contributed by atoms with Crippen LogP contribution in [0.4, 0.5) is 11.4 Å². The third kappa shape index (κ3) is 3.83. The zero-order chi connectivity index (χ0) is 17.0. The summed E-state index contributed by atoms with van der Waals surface area (Å²) in [5, 5.41) is 15.9. The summed E-state index contributed by atoms with van der Waals surface area (Å²) >= 11 is 5.71. The molecule has 2 aromatic rings. The van der Waals surface area contributed by atoms with Gasteiger partial charge in [-0.1, -0.05) is 17.7 Å². The summed E-state index contributed by atoms with van der Waals surface area (Å²) in [6.07, 6.45) is 0. The lowest BCUT2D eigenvalue weighted by atomic mass is 10.1. The monoisotopic (exact) mass is 333 g/mol. The molecule has 0 aromatic heterocycles. The Morgan fingerprint density at radius 3 is 2.43 bits per heavy atom. The molecule has 2 amide bonds. The standard InChI is InChI=1S/C15H12ClN3O4/c1-17-14(20)9-3-2-4-11(7-9)18-15(21)10-5-6-12(16)13(8-10)19(22)23/h2-8H,1H3,(H,17,20)(H,18,21). The quantitative estimate of drug-likeness (QED) is 0.663. The zero-order valence-electron chi connectivity index (χ0n) is 12.0. The number of carbonyl (C=O) groups excluding carboxylic acids is 2. The van der Waals surface area contributed by atoms with E-state index < -0.39 is 10.8 Å². The third-order valence-electron chi connectivity index (χ3n) is 3.01. The summed E-state index contributed by atoms with van der Waals surface area (Å²) in [6.45, 7) is 0. The molecular weight excluding hydrogens is 322 g/mol. The van der Waals surface area contributed by atoms with Crippen molar-refractivity contribution >= 4 is 34.8 Å². The molecule has 0 aliphatic heterocycles. The highest BCUT2D eigenvalue weighted by atomic mass is 35.5. The van der Waals surface area contributed by atoms with E-state index in [-0.39, 0.29) is 22.2 Å². The van der Waals surface area contributed by atoms with Crippen molar-refractivity contribution < 1.29 is 14.5 Å². The molecule has 118 valence electrons. The number of amides is 2. The van der Waals surface area contributed by atoms with Gasteiger partial charge in [0.25, 0.3) is 17.5 Å². The second kappa shape index (κ2) is 6.89. The van der Waals surface area contributed by atoms with Crippen LogP contribution in [0.2, 0.25) is 5.02 Å². The Morgan fingerprint density at radius 2 is 1.78 bits per heavy atom. The Labute approximate surface area is 136 Å². The minimum atomic E-state index is -0.661. The number of nitrogens with one attached hydrogen (secondary N) is 2. The molecule has 0 saturated heterocycles. The molecule has 2 N–H and O–H groups in total. The molecule has 7 nitrogen and oxygen atoms in total. The molecular formula is C15H12ClN3O4. The highest BCUT2D eigenvalue weighted by Crippen LogP contribution is 2.25. The topological polar surface area (TPSA) is 101 Å². The molecule has 0 atom stereocenters. The molecule has 0 aliphatic carbocycles. The molecule has 0 saturated carbocycles. The van der Waals surface area contributed by atoms with E-state index in [4.69, 9.17) is 11.6 Å². The van der Waals surface area contributed by atoms with Gasteiger partial charge in [-0.15, -0.1) is 0 Å². The van der Waals surface area contributed by atoms with E-state index in [2.05, 4.69) is 10.6 Å². The van der Waals surface area contributed by atoms with Crippen LogP contribution in [0.25, 0.3) is 0 Å². The fourth-order valence-corrected chi connectivity index (χ4v) is 2.07. The van der Waals surface area contributed by atoms with Crippen molar-refractivity contribution in [1.29, 1.82) is 0 Å². The first-order valence-corrected chi connectivity index (χ1v) is 6.87. The van der Waals surface area contributed by atoms with Gasteiger partial charge in [0.15, 0.2) is 0 Å². The van der Waals surface area contributed by atoms with Crippen molar-refractivity contribution in [3.8, 4) is 0 Å². The molecule has 0 radical (unpaired) electrons. The first kappa shape index (κ1) is 16.4. The zero-order valence-corrected chi connectivity index (χ0v) is 12.8. The lowest BCUT2D eigenvalue weighted by Gasteiger charge is -2.07. The van der Waals surface area contributed by atoms with Crippen LogP contribution in [0, 0.1) is 10.1 Å². The van der Waals surface area contributed by atoms with Crippen LogP contribution in [-0.2, 0) is 0 Å². The Bertz CT molecular complexity index is 792. The number of halogens is 1. The molecule has 0 heterocycles. The maximum absolute atomic E-state index is 12.2. The van der Waals surface area contributed by atoms with Crippen molar-refractivity contribution in [3.05, 3.63) is 68.7 Å². The van der Waals surface area contributed by atoms with E-state index in [0.29, 0.717) is 11.3 Å². The predicted octanol–water partition coefficient (Wildman–Crippen LogP) is 2.86. The highest BCUT2D eigenvalue weighted by Gasteiger charge is 2.16. The molecule has 2 rings (SSSR count). The fourth-order valence-electron chi connectivity index (χ4n) is 1.88. The van der Waals surface area contributed by atoms with Crippen molar-refractivity contribution in [2.45, 2.75) is 0 Å². The maximum atomic E-state index is 12.2. The highest BCUT2D eigenvalue weighted by molar-refractivity contribution is 6.32. The third-order valence-corrected chi connectivity index (χ3v) is 3.33. The smallest absolute Gasteiger partial charge is 0.288 e. The first-order chi connectivity index (χ1) is 10.9. The molecule has 0 spiro atoms. The van der Waals surface area contributed by atoms with Crippen LogP contribution < -0.4 is 10.6 Å². The van der Waals surface area contributed by atoms with Gasteiger partial charge in [-0.3, -0.25) is 19.7 Å². The van der Waals surface area contributed by atoms with E-state index in [1.807, 2.05) is 0 Å². The van der Waals surface area contributed by atoms with Gasteiger partial charge >= 0.3 is 0 Å². The van der Waals surface area contributed by atoms with Gasteiger partial charge in [-0.05, 0) is 30.3 Å². The molecule has 8 heteroatoms. The Morgan fingerprint density at radius 1 is 1.09 bits per heavy atom. The lowest BCUT2D eigenvalue weighted by Crippen LogP contribution is -2.18. The minimum absolute atomic E-state index is 0.0480. The average molecular weight is 334 g/mol. The normalized spacial score (nSPS) is 10.0. The minimum Gasteiger partial charge on any atom is -0.355 e. The Kier molecular flexibility index (Phi) is 4.92. The number of hydrogen-bond donors (Lipinski definition) is 2. The van der Waals surface area contributed by atoms with Gasteiger partial charge in [-0.2, -0.15) is 0 Å². The van der Waals surface area contributed by atoms with Gasteiger partial charge in [0.05, 0.1) is 4.92 Å². The van der Waals surface area contributed by atoms with E-state index in [1.165, 1.54) is 25.2 Å². The van der Waals surface area contributed by atoms with Gasteiger partial charge in [0, 0.05) is 29.9 Å². The van der Waals surface area contributed by atoms with Crippen molar-refractivity contribution in [3.63, 3.8) is 0 Å². The average Bonchev–Trinajstić information content (AvgIpc) is 2.54. The van der Waals surface area contributed by atoms with Crippen LogP contribution in [0.3, 0.4) is 0 Å². The number of nitro benzene ring substituents is 1. The van der Waals surface area contributed by atoms with Crippen LogP contribution >= 0.6 is 11.6 Å². The number of carbonyl (C=O) groups is 2. The predicted molar refractivity (Wildman–Crippen MR) is 85.9 cm³/mol. The van der Waals surface area contributed by atoms with Crippen molar-refractivity contribution in [2.24, 2.45) is 0 Å². The van der Waals surface area contributed by atoms with Gasteiger partial charge in [-0.25, -0.2) is 0 Å².